The lowest BCUT2D eigenvalue weighted by atomic mass is 10.2. The summed E-state index contributed by atoms with van der Waals surface area (Å²) in [6.07, 6.45) is 1.56. The molecule has 96 valence electrons. The number of para-hydroxylation sites is 1. The number of nitrogen functional groups attached to an aromatic ring is 1. The first kappa shape index (κ1) is 12.5. The maximum atomic E-state index is 11.3. The van der Waals surface area contributed by atoms with Crippen LogP contribution in [0.5, 0.6) is 0 Å². The van der Waals surface area contributed by atoms with E-state index in [-0.39, 0.29) is 10.6 Å². The predicted octanol–water partition coefficient (Wildman–Crippen LogP) is 1.12. The Balaban J connectivity index is 2.24. The number of furan rings is 1. The van der Waals surface area contributed by atoms with Crippen LogP contribution >= 0.6 is 0 Å². The average Bonchev–Trinajstić information content (AvgIpc) is 2.79. The second-order valence-electron chi connectivity index (χ2n) is 3.70. The molecule has 0 spiro atoms. The molecule has 1 heterocycles. The molecule has 0 aliphatic heterocycles. The fourth-order valence-electron chi connectivity index (χ4n) is 1.54. The minimum absolute atomic E-state index is 0.0908. The van der Waals surface area contributed by atoms with E-state index in [1.165, 1.54) is 6.07 Å². The molecule has 1 aromatic heterocycles. The molecular weight excluding hydrogens is 254 g/mol. The van der Waals surface area contributed by atoms with E-state index in [9.17, 15) is 8.42 Å². The lowest BCUT2D eigenvalue weighted by Gasteiger charge is -2.10. The van der Waals surface area contributed by atoms with Gasteiger partial charge in [-0.05, 0) is 24.3 Å². The van der Waals surface area contributed by atoms with Gasteiger partial charge in [-0.3, -0.25) is 0 Å². The molecule has 0 saturated heterocycles. The Hall–Kier alpha value is -1.99. The highest BCUT2D eigenvalue weighted by atomic mass is 32.2. The van der Waals surface area contributed by atoms with E-state index >= 15 is 0 Å². The van der Waals surface area contributed by atoms with Crippen LogP contribution in [0.2, 0.25) is 0 Å². The lowest BCUT2D eigenvalue weighted by Crippen LogP contribution is -2.15. The zero-order valence-electron chi connectivity index (χ0n) is 9.46. The number of sulfonamides is 1. The average molecular weight is 267 g/mol. The third-order valence-corrected chi connectivity index (χ3v) is 3.37. The SMILES string of the molecule is Nc1c(NCc2ccco2)cccc1S(N)(=O)=O. The van der Waals surface area contributed by atoms with Crippen LogP contribution in [-0.4, -0.2) is 8.42 Å². The highest BCUT2D eigenvalue weighted by Gasteiger charge is 2.14. The first-order valence-electron chi connectivity index (χ1n) is 5.16. The second-order valence-corrected chi connectivity index (χ2v) is 5.23. The van der Waals surface area contributed by atoms with Crippen LogP contribution in [0.4, 0.5) is 11.4 Å². The van der Waals surface area contributed by atoms with Crippen molar-refractivity contribution in [2.24, 2.45) is 5.14 Å². The van der Waals surface area contributed by atoms with Crippen molar-refractivity contribution in [3.05, 3.63) is 42.4 Å². The van der Waals surface area contributed by atoms with Gasteiger partial charge in [-0.1, -0.05) is 6.07 Å². The Bertz CT molecular complexity index is 636. The van der Waals surface area contributed by atoms with Gasteiger partial charge in [0.25, 0.3) is 0 Å². The minimum Gasteiger partial charge on any atom is -0.467 e. The summed E-state index contributed by atoms with van der Waals surface area (Å²) in [5, 5.41) is 8.05. The van der Waals surface area contributed by atoms with Gasteiger partial charge in [0.05, 0.1) is 24.2 Å². The Morgan fingerprint density at radius 1 is 1.22 bits per heavy atom. The molecule has 0 aliphatic carbocycles. The van der Waals surface area contributed by atoms with Crippen LogP contribution in [0.3, 0.4) is 0 Å². The van der Waals surface area contributed by atoms with Crippen molar-refractivity contribution in [2.75, 3.05) is 11.1 Å². The van der Waals surface area contributed by atoms with E-state index < -0.39 is 10.0 Å². The molecule has 18 heavy (non-hydrogen) atoms. The van der Waals surface area contributed by atoms with Crippen molar-refractivity contribution < 1.29 is 12.8 Å². The van der Waals surface area contributed by atoms with E-state index in [0.717, 1.165) is 5.76 Å². The molecular formula is C11H13N3O3S. The van der Waals surface area contributed by atoms with Crippen molar-refractivity contribution in [2.45, 2.75) is 11.4 Å². The normalized spacial score (nSPS) is 11.4. The summed E-state index contributed by atoms with van der Waals surface area (Å²) in [5.41, 5.74) is 6.36. The maximum Gasteiger partial charge on any atom is 0.240 e. The third kappa shape index (κ3) is 2.63. The van der Waals surface area contributed by atoms with E-state index in [4.69, 9.17) is 15.3 Å². The number of rotatable bonds is 4. The molecule has 1 aromatic carbocycles. The largest absolute Gasteiger partial charge is 0.467 e. The molecule has 0 fully saturated rings. The van der Waals surface area contributed by atoms with Gasteiger partial charge in [0.15, 0.2) is 0 Å². The van der Waals surface area contributed by atoms with Crippen molar-refractivity contribution in [1.29, 1.82) is 0 Å². The Morgan fingerprint density at radius 2 is 2.00 bits per heavy atom. The zero-order valence-corrected chi connectivity index (χ0v) is 10.3. The van der Waals surface area contributed by atoms with E-state index in [2.05, 4.69) is 5.32 Å². The summed E-state index contributed by atoms with van der Waals surface area (Å²) in [4.78, 5) is -0.0908. The molecule has 5 N–H and O–H groups in total. The second kappa shape index (κ2) is 4.71. The van der Waals surface area contributed by atoms with Gasteiger partial charge in [0.1, 0.15) is 10.7 Å². The van der Waals surface area contributed by atoms with Gasteiger partial charge in [-0.25, -0.2) is 13.6 Å². The van der Waals surface area contributed by atoms with Gasteiger partial charge in [0.2, 0.25) is 10.0 Å². The molecule has 0 bridgehead atoms. The quantitative estimate of drug-likeness (QED) is 0.719. The lowest BCUT2D eigenvalue weighted by molar-refractivity contribution is 0.518. The van der Waals surface area contributed by atoms with Crippen LogP contribution in [0.25, 0.3) is 0 Å². The Morgan fingerprint density at radius 3 is 2.61 bits per heavy atom. The van der Waals surface area contributed by atoms with Gasteiger partial charge < -0.3 is 15.5 Å². The molecule has 0 atom stereocenters. The van der Waals surface area contributed by atoms with Crippen LogP contribution < -0.4 is 16.2 Å². The van der Waals surface area contributed by atoms with Gasteiger partial charge in [0, 0.05) is 0 Å². The topological polar surface area (TPSA) is 111 Å². The van der Waals surface area contributed by atoms with Crippen LogP contribution in [0.15, 0.2) is 45.9 Å². The molecule has 7 heteroatoms. The van der Waals surface area contributed by atoms with Crippen molar-refractivity contribution in [3.63, 3.8) is 0 Å². The highest BCUT2D eigenvalue weighted by molar-refractivity contribution is 7.89. The molecule has 2 rings (SSSR count). The predicted molar refractivity (Wildman–Crippen MR) is 68.3 cm³/mol. The van der Waals surface area contributed by atoms with Crippen LogP contribution in [0.1, 0.15) is 5.76 Å². The summed E-state index contributed by atoms with van der Waals surface area (Å²) in [5.74, 6) is 0.718. The summed E-state index contributed by atoms with van der Waals surface area (Å²) >= 11 is 0. The summed E-state index contributed by atoms with van der Waals surface area (Å²) in [6, 6.07) is 8.17. The number of primary sulfonamides is 1. The zero-order chi connectivity index (χ0) is 13.2. The van der Waals surface area contributed by atoms with Gasteiger partial charge >= 0.3 is 0 Å². The number of benzene rings is 1. The fourth-order valence-corrected chi connectivity index (χ4v) is 2.23. The summed E-state index contributed by atoms with van der Waals surface area (Å²) in [6.45, 7) is 0.408. The molecule has 0 saturated carbocycles. The number of anilines is 2. The standard InChI is InChI=1S/C11H13N3O3S/c12-11-9(14-7-8-3-2-6-17-8)4-1-5-10(11)18(13,15)16/h1-6,14H,7,12H2,(H2,13,15,16). The number of nitrogens with one attached hydrogen (secondary N) is 1. The molecule has 0 aliphatic rings. The summed E-state index contributed by atoms with van der Waals surface area (Å²) in [7, 11) is -3.82. The third-order valence-electron chi connectivity index (χ3n) is 2.41. The number of nitrogens with two attached hydrogens (primary N) is 2. The van der Waals surface area contributed by atoms with Crippen molar-refractivity contribution >= 4 is 21.4 Å². The first-order valence-corrected chi connectivity index (χ1v) is 6.70. The maximum absolute atomic E-state index is 11.3. The number of hydrogen-bond acceptors (Lipinski definition) is 5. The Labute approximate surface area is 105 Å². The van der Waals surface area contributed by atoms with E-state index in [1.54, 1.807) is 30.5 Å². The smallest absolute Gasteiger partial charge is 0.240 e. The van der Waals surface area contributed by atoms with Gasteiger partial charge in [-0.15, -0.1) is 0 Å². The van der Waals surface area contributed by atoms with Gasteiger partial charge in [-0.2, -0.15) is 0 Å². The molecule has 6 nitrogen and oxygen atoms in total. The number of hydrogen-bond donors (Lipinski definition) is 3. The molecule has 2 aromatic rings. The van der Waals surface area contributed by atoms with E-state index in [1.807, 2.05) is 0 Å². The Kier molecular flexibility index (Phi) is 3.26. The summed E-state index contributed by atoms with van der Waals surface area (Å²) < 4.78 is 27.7. The van der Waals surface area contributed by atoms with Crippen LogP contribution in [0, 0.1) is 0 Å². The van der Waals surface area contributed by atoms with Crippen molar-refractivity contribution in [3.8, 4) is 0 Å². The first-order chi connectivity index (χ1) is 8.48. The minimum atomic E-state index is -3.82. The molecule has 0 radical (unpaired) electrons. The van der Waals surface area contributed by atoms with E-state index in [0.29, 0.717) is 12.2 Å². The van der Waals surface area contributed by atoms with Crippen molar-refractivity contribution in [1.82, 2.24) is 0 Å². The highest BCUT2D eigenvalue weighted by Crippen LogP contribution is 2.26. The monoisotopic (exact) mass is 267 g/mol. The fraction of sp³-hybridized carbons (Fsp3) is 0.0909. The molecule has 0 unspecified atom stereocenters. The molecule has 0 amide bonds. The van der Waals surface area contributed by atoms with Crippen LogP contribution in [-0.2, 0) is 16.6 Å².